The number of hydrogen-bond donors (Lipinski definition) is 2. The summed E-state index contributed by atoms with van der Waals surface area (Å²) in [5.74, 6) is 2.34. The minimum absolute atomic E-state index is 0.266. The van der Waals surface area contributed by atoms with Crippen molar-refractivity contribution < 1.29 is 19.3 Å². The molecule has 1 aliphatic carbocycles. The van der Waals surface area contributed by atoms with Gasteiger partial charge in [-0.15, -0.1) is 0 Å². The summed E-state index contributed by atoms with van der Waals surface area (Å²) in [7, 11) is 0. The van der Waals surface area contributed by atoms with Crippen LogP contribution in [0.5, 0.6) is 17.2 Å². The van der Waals surface area contributed by atoms with Crippen LogP contribution in [0.25, 0.3) is 11.1 Å². The number of aliphatic hydroxyl groups excluding tert-OH is 1. The third kappa shape index (κ3) is 6.35. The lowest BCUT2D eigenvalue weighted by Gasteiger charge is -2.24. The summed E-state index contributed by atoms with van der Waals surface area (Å²) in [4.78, 5) is 0. The molecule has 2 N–H and O–H groups in total. The molecule has 2 aliphatic rings. The highest BCUT2D eigenvalue weighted by Gasteiger charge is 2.18. The third-order valence-electron chi connectivity index (χ3n) is 7.27. The van der Waals surface area contributed by atoms with E-state index < -0.39 is 6.10 Å². The van der Waals surface area contributed by atoms with Gasteiger partial charge in [0.05, 0.1) is 0 Å². The highest BCUT2D eigenvalue weighted by molar-refractivity contribution is 5.98. The number of ether oxygens (including phenoxy) is 3. The quantitative estimate of drug-likeness (QED) is 0.314. The molecule has 5 nitrogen and oxygen atoms in total. The Labute approximate surface area is 220 Å². The van der Waals surface area contributed by atoms with Crippen LogP contribution in [0, 0.1) is 0 Å². The fraction of sp³-hybridized carbons (Fsp3) is 0.375. The maximum Gasteiger partial charge on any atom is 0.231 e. The lowest BCUT2D eigenvalue weighted by atomic mass is 9.88. The molecule has 0 bridgehead atoms. The fourth-order valence-electron chi connectivity index (χ4n) is 5.31. The number of aliphatic hydroxyl groups is 1. The monoisotopic (exact) mass is 499 g/mol. The Morgan fingerprint density at radius 2 is 1.59 bits per heavy atom. The van der Waals surface area contributed by atoms with Crippen molar-refractivity contribution >= 4 is 11.1 Å². The molecule has 194 valence electrons. The predicted molar refractivity (Wildman–Crippen MR) is 148 cm³/mol. The van der Waals surface area contributed by atoms with E-state index in [0.717, 1.165) is 40.4 Å². The van der Waals surface area contributed by atoms with Gasteiger partial charge in [-0.05, 0) is 71.4 Å². The van der Waals surface area contributed by atoms with Gasteiger partial charge in [-0.2, -0.15) is 0 Å². The summed E-state index contributed by atoms with van der Waals surface area (Å²) in [5, 5.41) is 13.9. The van der Waals surface area contributed by atoms with Crippen molar-refractivity contribution in [2.24, 2.45) is 0 Å². The molecule has 5 rings (SSSR count). The van der Waals surface area contributed by atoms with Gasteiger partial charge in [-0.3, -0.25) is 0 Å². The summed E-state index contributed by atoms with van der Waals surface area (Å²) in [6, 6.07) is 25.4. The maximum absolute atomic E-state index is 10.4. The zero-order chi connectivity index (χ0) is 25.5. The normalized spacial score (nSPS) is 16.8. The predicted octanol–water partition coefficient (Wildman–Crippen LogP) is 6.45. The summed E-state index contributed by atoms with van der Waals surface area (Å²) < 4.78 is 17.1. The lowest BCUT2D eigenvalue weighted by Crippen LogP contribution is -2.38. The summed E-state index contributed by atoms with van der Waals surface area (Å²) >= 11 is 0. The average molecular weight is 500 g/mol. The summed E-state index contributed by atoms with van der Waals surface area (Å²) in [6.07, 6.45) is 6.64. The van der Waals surface area contributed by atoms with Gasteiger partial charge in [0, 0.05) is 12.6 Å². The first-order valence-corrected chi connectivity index (χ1v) is 13.5. The zero-order valence-corrected chi connectivity index (χ0v) is 21.6. The van der Waals surface area contributed by atoms with Gasteiger partial charge in [0.1, 0.15) is 18.5 Å². The van der Waals surface area contributed by atoms with Crippen LogP contribution in [-0.2, 0) is 0 Å². The van der Waals surface area contributed by atoms with E-state index in [-0.39, 0.29) is 13.4 Å². The van der Waals surface area contributed by atoms with Crippen LogP contribution in [0.1, 0.15) is 62.1 Å². The zero-order valence-electron chi connectivity index (χ0n) is 21.6. The SMILES string of the molecule is CCC(=C(c1ccccc1)c1ccc(OCC(O)CNC2CCCCC2)cc1)c1ccc2c(c1)OCO2. The molecule has 0 spiro atoms. The molecule has 0 saturated heterocycles. The van der Waals surface area contributed by atoms with Crippen LogP contribution in [0.4, 0.5) is 0 Å². The Hall–Kier alpha value is -3.28. The number of hydrogen-bond acceptors (Lipinski definition) is 5. The van der Waals surface area contributed by atoms with Gasteiger partial charge in [-0.25, -0.2) is 0 Å². The van der Waals surface area contributed by atoms with E-state index in [1.54, 1.807) is 0 Å². The molecule has 1 saturated carbocycles. The molecule has 1 fully saturated rings. The molecule has 0 radical (unpaired) electrons. The molecule has 5 heteroatoms. The fourth-order valence-corrected chi connectivity index (χ4v) is 5.31. The molecule has 1 heterocycles. The standard InChI is InChI=1S/C32H37NO4/c1-2-29(25-15-18-30-31(19-25)37-22-36-30)32(23-9-5-3-6-10-23)24-13-16-28(17-14-24)35-21-27(34)20-33-26-11-7-4-8-12-26/h3,5-6,9-10,13-19,26-27,33-34H,2,4,7-8,11-12,20-22H2,1H3. The first kappa shape index (κ1) is 25.4. The number of nitrogens with one attached hydrogen (secondary N) is 1. The van der Waals surface area contributed by atoms with Gasteiger partial charge in [-0.1, -0.05) is 74.7 Å². The highest BCUT2D eigenvalue weighted by atomic mass is 16.7. The molecule has 3 aromatic carbocycles. The summed E-state index contributed by atoms with van der Waals surface area (Å²) in [5.41, 5.74) is 5.83. The van der Waals surface area contributed by atoms with Crippen molar-refractivity contribution in [3.63, 3.8) is 0 Å². The Morgan fingerprint density at radius 3 is 2.35 bits per heavy atom. The first-order chi connectivity index (χ1) is 18.2. The van der Waals surface area contributed by atoms with Crippen molar-refractivity contribution in [2.45, 2.75) is 57.6 Å². The van der Waals surface area contributed by atoms with E-state index in [1.165, 1.54) is 43.3 Å². The number of allylic oxidation sites excluding steroid dienone is 1. The van der Waals surface area contributed by atoms with Gasteiger partial charge in [0.15, 0.2) is 11.5 Å². The largest absolute Gasteiger partial charge is 0.491 e. The van der Waals surface area contributed by atoms with E-state index in [2.05, 4.69) is 60.8 Å². The minimum Gasteiger partial charge on any atom is -0.491 e. The van der Waals surface area contributed by atoms with Crippen LogP contribution in [0.2, 0.25) is 0 Å². The Morgan fingerprint density at radius 1 is 0.892 bits per heavy atom. The third-order valence-corrected chi connectivity index (χ3v) is 7.27. The van der Waals surface area contributed by atoms with Crippen LogP contribution in [0.15, 0.2) is 72.8 Å². The van der Waals surface area contributed by atoms with Gasteiger partial charge in [0.25, 0.3) is 0 Å². The number of fused-ring (bicyclic) bond motifs is 1. The second-order valence-electron chi connectivity index (χ2n) is 9.87. The molecule has 37 heavy (non-hydrogen) atoms. The van der Waals surface area contributed by atoms with Gasteiger partial charge < -0.3 is 24.6 Å². The molecule has 1 aliphatic heterocycles. The van der Waals surface area contributed by atoms with Crippen LogP contribution in [0.3, 0.4) is 0 Å². The highest BCUT2D eigenvalue weighted by Crippen LogP contribution is 2.39. The molecule has 1 atom stereocenters. The molecular weight excluding hydrogens is 462 g/mol. The van der Waals surface area contributed by atoms with Crippen molar-refractivity contribution in [3.8, 4) is 17.2 Å². The molecule has 0 amide bonds. The number of benzene rings is 3. The smallest absolute Gasteiger partial charge is 0.231 e. The van der Waals surface area contributed by atoms with Crippen LogP contribution < -0.4 is 19.5 Å². The van der Waals surface area contributed by atoms with E-state index in [0.29, 0.717) is 12.6 Å². The van der Waals surface area contributed by atoms with E-state index in [1.807, 2.05) is 24.3 Å². The molecule has 0 aromatic heterocycles. The Kier molecular flexibility index (Phi) is 8.44. The molecule has 1 unspecified atom stereocenters. The van der Waals surface area contributed by atoms with E-state index >= 15 is 0 Å². The molecular formula is C32H37NO4. The van der Waals surface area contributed by atoms with Crippen LogP contribution >= 0.6 is 0 Å². The minimum atomic E-state index is -0.529. The van der Waals surface area contributed by atoms with Gasteiger partial charge in [0.2, 0.25) is 6.79 Å². The van der Waals surface area contributed by atoms with E-state index in [9.17, 15) is 5.11 Å². The van der Waals surface area contributed by atoms with Crippen molar-refractivity contribution in [1.82, 2.24) is 5.32 Å². The second-order valence-corrected chi connectivity index (χ2v) is 9.87. The van der Waals surface area contributed by atoms with Crippen molar-refractivity contribution in [2.75, 3.05) is 19.9 Å². The Balaban J connectivity index is 1.33. The summed E-state index contributed by atoms with van der Waals surface area (Å²) in [6.45, 7) is 3.29. The second kappa shape index (κ2) is 12.3. The first-order valence-electron chi connectivity index (χ1n) is 13.5. The van der Waals surface area contributed by atoms with Crippen LogP contribution in [-0.4, -0.2) is 37.2 Å². The van der Waals surface area contributed by atoms with Crippen molar-refractivity contribution in [1.29, 1.82) is 0 Å². The lowest BCUT2D eigenvalue weighted by molar-refractivity contribution is 0.102. The van der Waals surface area contributed by atoms with E-state index in [4.69, 9.17) is 14.2 Å². The Bertz CT molecular complexity index is 1180. The molecule has 3 aromatic rings. The van der Waals surface area contributed by atoms with Crippen molar-refractivity contribution in [3.05, 3.63) is 89.5 Å². The number of rotatable bonds is 10. The average Bonchev–Trinajstić information content (AvgIpc) is 3.43. The topological polar surface area (TPSA) is 60.0 Å². The maximum atomic E-state index is 10.4. The van der Waals surface area contributed by atoms with Gasteiger partial charge >= 0.3 is 0 Å².